The molecule has 8 heteroatoms. The monoisotopic (exact) mass is 495 g/mol. The highest BCUT2D eigenvalue weighted by atomic mass is 32.1. The third-order valence-corrected chi connectivity index (χ3v) is 8.96. The Hall–Kier alpha value is -2.42. The molecule has 7 nitrogen and oxygen atoms in total. The van der Waals surface area contributed by atoms with E-state index in [4.69, 9.17) is 24.2 Å². The summed E-state index contributed by atoms with van der Waals surface area (Å²) in [6.07, 6.45) is 4.52. The van der Waals surface area contributed by atoms with Crippen molar-refractivity contribution in [1.82, 2.24) is 9.97 Å². The fourth-order valence-corrected chi connectivity index (χ4v) is 7.19. The molecule has 2 aliphatic heterocycles. The third kappa shape index (κ3) is 4.36. The number of hydrogen-bond donors (Lipinski definition) is 1. The second-order valence-corrected chi connectivity index (χ2v) is 11.3. The van der Waals surface area contributed by atoms with E-state index in [0.29, 0.717) is 0 Å². The first-order chi connectivity index (χ1) is 17.1. The number of thiophene rings is 1. The molecule has 0 unspecified atom stereocenters. The number of rotatable bonds is 5. The molecule has 0 saturated carbocycles. The second kappa shape index (κ2) is 9.56. The quantitative estimate of drug-likeness (QED) is 0.588. The van der Waals surface area contributed by atoms with Gasteiger partial charge in [0.1, 0.15) is 30.3 Å². The lowest BCUT2D eigenvalue weighted by Gasteiger charge is -2.32. The Morgan fingerprint density at radius 3 is 2.63 bits per heavy atom. The molecule has 0 bridgehead atoms. The van der Waals surface area contributed by atoms with Gasteiger partial charge in [-0.15, -0.1) is 11.3 Å². The molecular weight excluding hydrogens is 460 g/mol. The highest BCUT2D eigenvalue weighted by Crippen LogP contribution is 2.42. The van der Waals surface area contributed by atoms with E-state index in [0.717, 1.165) is 87.8 Å². The maximum atomic E-state index is 5.61. The predicted molar refractivity (Wildman–Crippen MR) is 138 cm³/mol. The summed E-state index contributed by atoms with van der Waals surface area (Å²) in [6, 6.07) is 4.28. The Morgan fingerprint density at radius 2 is 1.86 bits per heavy atom. The number of nitrogens with zero attached hydrogens (tertiary/aromatic N) is 3. The van der Waals surface area contributed by atoms with Crippen LogP contribution < -0.4 is 19.3 Å². The maximum Gasteiger partial charge on any atom is 0.187 e. The minimum Gasteiger partial charge on any atom is -0.493 e. The van der Waals surface area contributed by atoms with Crippen molar-refractivity contribution in [3.05, 3.63) is 39.5 Å². The summed E-state index contributed by atoms with van der Waals surface area (Å²) in [5.74, 6) is 4.44. The van der Waals surface area contributed by atoms with Crippen LogP contribution in [0.2, 0.25) is 0 Å². The molecule has 3 aromatic rings. The Labute approximate surface area is 211 Å². The van der Waals surface area contributed by atoms with E-state index in [-0.39, 0.29) is 0 Å². The topological polar surface area (TPSA) is 61.2 Å². The molecule has 2 aromatic heterocycles. The van der Waals surface area contributed by atoms with Gasteiger partial charge in [-0.05, 0) is 60.4 Å². The van der Waals surface area contributed by atoms with Crippen LogP contribution in [0.3, 0.4) is 0 Å². The van der Waals surface area contributed by atoms with E-state index in [1.54, 1.807) is 14.2 Å². The number of aryl methyl sites for hydroxylation is 1. The smallest absolute Gasteiger partial charge is 0.187 e. The number of anilines is 1. The SMILES string of the molecule is COc1cc2c(cc1OC)CN(c1nc(C[NH+]3CCOCC3)nc3sc4c(c13)CC[C@H](C)C4)CC2. The van der Waals surface area contributed by atoms with Crippen molar-refractivity contribution in [3.8, 4) is 11.5 Å². The number of nitrogens with one attached hydrogen (secondary N) is 1. The summed E-state index contributed by atoms with van der Waals surface area (Å²) in [6.45, 7) is 8.69. The molecule has 6 rings (SSSR count). The Bertz CT molecular complexity index is 1240. The number of aromatic nitrogens is 2. The fourth-order valence-electron chi connectivity index (χ4n) is 5.80. The van der Waals surface area contributed by atoms with Crippen LogP contribution in [-0.2, 0) is 37.1 Å². The van der Waals surface area contributed by atoms with Gasteiger partial charge in [0.15, 0.2) is 17.3 Å². The first-order valence-corrected chi connectivity index (χ1v) is 13.7. The van der Waals surface area contributed by atoms with Gasteiger partial charge in [0, 0.05) is 18.0 Å². The third-order valence-electron chi connectivity index (χ3n) is 7.81. The molecule has 1 atom stereocenters. The van der Waals surface area contributed by atoms with Gasteiger partial charge in [-0.25, -0.2) is 9.97 Å². The van der Waals surface area contributed by atoms with Gasteiger partial charge in [-0.1, -0.05) is 6.92 Å². The van der Waals surface area contributed by atoms with Gasteiger partial charge in [-0.2, -0.15) is 0 Å². The van der Waals surface area contributed by atoms with Gasteiger partial charge in [0.25, 0.3) is 0 Å². The lowest BCUT2D eigenvalue weighted by molar-refractivity contribution is -0.922. The van der Waals surface area contributed by atoms with E-state index in [9.17, 15) is 0 Å². The van der Waals surface area contributed by atoms with Crippen molar-refractivity contribution >= 4 is 27.4 Å². The van der Waals surface area contributed by atoms with Crippen molar-refractivity contribution in [3.63, 3.8) is 0 Å². The molecule has 1 aromatic carbocycles. The summed E-state index contributed by atoms with van der Waals surface area (Å²) in [5.41, 5.74) is 4.13. The predicted octanol–water partition coefficient (Wildman–Crippen LogP) is 2.81. The molecule has 0 spiro atoms. The Morgan fingerprint density at radius 1 is 1.09 bits per heavy atom. The van der Waals surface area contributed by atoms with E-state index in [2.05, 4.69) is 24.0 Å². The molecule has 0 radical (unpaired) electrons. The molecule has 3 aliphatic rings. The first-order valence-electron chi connectivity index (χ1n) is 12.8. The summed E-state index contributed by atoms with van der Waals surface area (Å²) in [7, 11) is 3.41. The average Bonchev–Trinajstić information content (AvgIpc) is 3.24. The number of morpholine rings is 1. The largest absolute Gasteiger partial charge is 0.493 e. The molecule has 1 fully saturated rings. The van der Waals surface area contributed by atoms with E-state index >= 15 is 0 Å². The van der Waals surface area contributed by atoms with E-state index in [1.165, 1.54) is 49.5 Å². The first kappa shape index (κ1) is 23.0. The number of ether oxygens (including phenoxy) is 3. The number of fused-ring (bicyclic) bond motifs is 4. The Balaban J connectivity index is 1.41. The minimum atomic E-state index is 0.744. The van der Waals surface area contributed by atoms with Crippen molar-refractivity contribution in [2.24, 2.45) is 5.92 Å². The standard InChI is InChI=1S/C27H34N4O3S/c1-17-4-5-20-23(12-17)35-27-25(20)26(28-24(29-27)16-30-8-10-34-11-9-30)31-7-6-18-13-21(32-2)22(33-3)14-19(18)15-31/h13-14,17H,4-12,15-16H2,1-3H3/p+1/t17-/m0/s1. The van der Waals surface area contributed by atoms with Crippen molar-refractivity contribution in [2.45, 2.75) is 45.7 Å². The van der Waals surface area contributed by atoms with Gasteiger partial charge in [0.2, 0.25) is 0 Å². The van der Waals surface area contributed by atoms with Crippen LogP contribution in [0.4, 0.5) is 5.82 Å². The van der Waals surface area contributed by atoms with E-state index in [1.807, 2.05) is 11.3 Å². The summed E-state index contributed by atoms with van der Waals surface area (Å²) < 4.78 is 16.7. The molecule has 1 N–H and O–H groups in total. The zero-order chi connectivity index (χ0) is 23.9. The lowest BCUT2D eigenvalue weighted by Crippen LogP contribution is -3.12. The van der Waals surface area contributed by atoms with Crippen molar-refractivity contribution in [1.29, 1.82) is 0 Å². The molecule has 1 saturated heterocycles. The zero-order valence-corrected chi connectivity index (χ0v) is 21.8. The van der Waals surface area contributed by atoms with Crippen LogP contribution in [-0.4, -0.2) is 57.0 Å². The van der Waals surface area contributed by atoms with E-state index < -0.39 is 0 Å². The summed E-state index contributed by atoms with van der Waals surface area (Å²) >= 11 is 1.91. The van der Waals surface area contributed by atoms with Gasteiger partial charge in [0.05, 0.1) is 32.8 Å². The van der Waals surface area contributed by atoms with Crippen LogP contribution in [0, 0.1) is 5.92 Å². The molecular formula is C27H35N4O3S+. The normalized spacial score (nSPS) is 20.5. The van der Waals surface area contributed by atoms with Crippen LogP contribution in [0.15, 0.2) is 12.1 Å². The fraction of sp³-hybridized carbons (Fsp3) is 0.556. The summed E-state index contributed by atoms with van der Waals surface area (Å²) in [5, 5.41) is 1.31. The van der Waals surface area contributed by atoms with Gasteiger partial charge < -0.3 is 24.0 Å². The highest BCUT2D eigenvalue weighted by Gasteiger charge is 2.29. The highest BCUT2D eigenvalue weighted by molar-refractivity contribution is 7.19. The number of hydrogen-bond acceptors (Lipinski definition) is 7. The average molecular weight is 496 g/mol. The summed E-state index contributed by atoms with van der Waals surface area (Å²) in [4.78, 5) is 17.1. The zero-order valence-electron chi connectivity index (χ0n) is 21.0. The number of quaternary nitrogens is 1. The number of methoxy groups -OCH3 is 2. The molecule has 0 amide bonds. The Kier molecular flexibility index (Phi) is 6.28. The van der Waals surface area contributed by atoms with Crippen LogP contribution in [0.25, 0.3) is 10.2 Å². The molecule has 35 heavy (non-hydrogen) atoms. The molecule has 4 heterocycles. The molecule has 186 valence electrons. The van der Waals surface area contributed by atoms with Crippen LogP contribution >= 0.6 is 11.3 Å². The van der Waals surface area contributed by atoms with Crippen molar-refractivity contribution in [2.75, 3.05) is 52.0 Å². The van der Waals surface area contributed by atoms with Crippen LogP contribution in [0.1, 0.15) is 40.7 Å². The number of benzene rings is 1. The van der Waals surface area contributed by atoms with Crippen LogP contribution in [0.5, 0.6) is 11.5 Å². The van der Waals surface area contributed by atoms with Crippen molar-refractivity contribution < 1.29 is 19.1 Å². The maximum absolute atomic E-state index is 5.61. The van der Waals surface area contributed by atoms with Gasteiger partial charge >= 0.3 is 0 Å². The second-order valence-electron chi connectivity index (χ2n) is 10.2. The molecule has 1 aliphatic carbocycles. The lowest BCUT2D eigenvalue weighted by atomic mass is 9.89. The minimum absolute atomic E-state index is 0.744. The van der Waals surface area contributed by atoms with Gasteiger partial charge in [-0.3, -0.25) is 0 Å².